The molecule has 1 amide bonds. The summed E-state index contributed by atoms with van der Waals surface area (Å²) in [6.07, 6.45) is 3.24. The molecule has 136 valence electrons. The van der Waals surface area contributed by atoms with E-state index in [1.54, 1.807) is 24.4 Å². The van der Waals surface area contributed by atoms with Crippen molar-refractivity contribution >= 4 is 33.4 Å². The summed E-state index contributed by atoms with van der Waals surface area (Å²) in [5.74, 6) is -0.590. The number of nitrogens with zero attached hydrogens (tertiary/aromatic N) is 4. The molecule has 0 aliphatic rings. The van der Waals surface area contributed by atoms with Crippen LogP contribution in [-0.2, 0) is 0 Å². The maximum Gasteiger partial charge on any atom is 0.259 e. The Bertz CT molecular complexity index is 1120. The lowest BCUT2D eigenvalue weighted by Gasteiger charge is -2.06. The highest BCUT2D eigenvalue weighted by Gasteiger charge is 2.14. The number of carbonyl (C=O) groups excluding carboxylic acids is 1. The van der Waals surface area contributed by atoms with Crippen LogP contribution in [0.2, 0.25) is 0 Å². The molecule has 0 aliphatic carbocycles. The molecule has 0 radical (unpaired) electrons. The predicted molar refractivity (Wildman–Crippen MR) is 103 cm³/mol. The average molecular weight is 381 g/mol. The lowest BCUT2D eigenvalue weighted by Crippen LogP contribution is -2.12. The van der Waals surface area contributed by atoms with Gasteiger partial charge >= 0.3 is 0 Å². The predicted octanol–water partition coefficient (Wildman–Crippen LogP) is 4.53. The molecular weight excluding hydrogens is 365 g/mol. The third-order valence-electron chi connectivity index (χ3n) is 4.05. The summed E-state index contributed by atoms with van der Waals surface area (Å²) in [6, 6.07) is 8.02. The Morgan fingerprint density at radius 1 is 1.22 bits per heavy atom. The van der Waals surface area contributed by atoms with Crippen molar-refractivity contribution in [3.05, 3.63) is 59.5 Å². The standard InChI is InChI=1S/C19H16FN5OS/c1-11(2)25-17-13(9-22-25)7-14(8-21-17)18(26)24-19-23-16(10-27-19)12-3-5-15(20)6-4-12/h3-11H,1-2H3,(H,23,24,26). The molecule has 3 aromatic heterocycles. The fourth-order valence-electron chi connectivity index (χ4n) is 2.70. The van der Waals surface area contributed by atoms with Gasteiger partial charge in [-0.2, -0.15) is 5.10 Å². The smallest absolute Gasteiger partial charge is 0.259 e. The molecule has 0 bridgehead atoms. The molecule has 0 spiro atoms. The summed E-state index contributed by atoms with van der Waals surface area (Å²) in [5.41, 5.74) is 2.65. The Hall–Kier alpha value is -3.13. The van der Waals surface area contributed by atoms with Crippen LogP contribution in [0.4, 0.5) is 9.52 Å². The Morgan fingerprint density at radius 2 is 2.00 bits per heavy atom. The van der Waals surface area contributed by atoms with Crippen molar-refractivity contribution in [1.82, 2.24) is 19.7 Å². The zero-order chi connectivity index (χ0) is 19.0. The topological polar surface area (TPSA) is 72.7 Å². The van der Waals surface area contributed by atoms with Crippen LogP contribution in [0.5, 0.6) is 0 Å². The van der Waals surface area contributed by atoms with Crippen molar-refractivity contribution in [1.29, 1.82) is 0 Å². The Morgan fingerprint density at radius 3 is 2.74 bits per heavy atom. The van der Waals surface area contributed by atoms with Gasteiger partial charge in [0.25, 0.3) is 5.91 Å². The van der Waals surface area contributed by atoms with E-state index in [1.807, 2.05) is 23.9 Å². The summed E-state index contributed by atoms with van der Waals surface area (Å²) in [6.45, 7) is 4.05. The van der Waals surface area contributed by atoms with Crippen molar-refractivity contribution in [3.63, 3.8) is 0 Å². The number of nitrogens with one attached hydrogen (secondary N) is 1. The molecule has 0 saturated heterocycles. The lowest BCUT2D eigenvalue weighted by atomic mass is 10.2. The van der Waals surface area contributed by atoms with Crippen molar-refractivity contribution in [2.75, 3.05) is 5.32 Å². The second-order valence-electron chi connectivity index (χ2n) is 6.32. The van der Waals surface area contributed by atoms with E-state index in [-0.39, 0.29) is 17.8 Å². The normalized spacial score (nSPS) is 11.3. The van der Waals surface area contributed by atoms with Crippen molar-refractivity contribution < 1.29 is 9.18 Å². The third kappa shape index (κ3) is 3.43. The number of halogens is 1. The first-order chi connectivity index (χ1) is 13.0. The minimum absolute atomic E-state index is 0.190. The minimum atomic E-state index is -0.300. The van der Waals surface area contributed by atoms with E-state index in [1.165, 1.54) is 29.7 Å². The molecule has 4 rings (SSSR count). The molecule has 0 atom stereocenters. The number of aromatic nitrogens is 4. The van der Waals surface area contributed by atoms with Crippen molar-refractivity contribution in [2.45, 2.75) is 19.9 Å². The fourth-order valence-corrected chi connectivity index (χ4v) is 3.41. The van der Waals surface area contributed by atoms with Crippen LogP contribution in [0.15, 0.2) is 48.1 Å². The molecule has 3 heterocycles. The maximum absolute atomic E-state index is 13.0. The highest BCUT2D eigenvalue weighted by Crippen LogP contribution is 2.25. The molecule has 27 heavy (non-hydrogen) atoms. The van der Waals surface area contributed by atoms with Gasteiger partial charge in [0.2, 0.25) is 0 Å². The van der Waals surface area contributed by atoms with E-state index < -0.39 is 0 Å². The van der Waals surface area contributed by atoms with Gasteiger partial charge in [0.15, 0.2) is 10.8 Å². The van der Waals surface area contributed by atoms with Crippen LogP contribution in [0.1, 0.15) is 30.2 Å². The van der Waals surface area contributed by atoms with Gasteiger partial charge in [0, 0.05) is 28.6 Å². The van der Waals surface area contributed by atoms with Gasteiger partial charge in [-0.15, -0.1) is 11.3 Å². The van der Waals surface area contributed by atoms with Crippen molar-refractivity contribution in [3.8, 4) is 11.3 Å². The highest BCUT2D eigenvalue weighted by atomic mass is 32.1. The van der Waals surface area contributed by atoms with Crippen LogP contribution in [0.3, 0.4) is 0 Å². The largest absolute Gasteiger partial charge is 0.298 e. The number of fused-ring (bicyclic) bond motifs is 1. The molecule has 0 unspecified atom stereocenters. The number of thiazole rings is 1. The Labute approximate surface area is 158 Å². The van der Waals surface area contributed by atoms with Gasteiger partial charge < -0.3 is 0 Å². The van der Waals surface area contributed by atoms with Crippen LogP contribution in [0, 0.1) is 5.82 Å². The first kappa shape index (κ1) is 17.3. The second-order valence-corrected chi connectivity index (χ2v) is 7.18. The zero-order valence-corrected chi connectivity index (χ0v) is 15.5. The molecular formula is C19H16FN5OS. The van der Waals surface area contributed by atoms with E-state index in [2.05, 4.69) is 20.4 Å². The van der Waals surface area contributed by atoms with Crippen LogP contribution >= 0.6 is 11.3 Å². The van der Waals surface area contributed by atoms with Crippen LogP contribution in [0.25, 0.3) is 22.3 Å². The van der Waals surface area contributed by atoms with Gasteiger partial charge in [0.1, 0.15) is 5.82 Å². The molecule has 0 fully saturated rings. The second kappa shape index (κ2) is 6.88. The lowest BCUT2D eigenvalue weighted by molar-refractivity contribution is 0.102. The quantitative estimate of drug-likeness (QED) is 0.564. The molecule has 1 aromatic carbocycles. The van der Waals surface area contributed by atoms with Crippen molar-refractivity contribution in [2.24, 2.45) is 0 Å². The van der Waals surface area contributed by atoms with E-state index in [0.29, 0.717) is 16.4 Å². The number of pyridine rings is 1. The summed E-state index contributed by atoms with van der Waals surface area (Å²) in [7, 11) is 0. The first-order valence-electron chi connectivity index (χ1n) is 8.37. The highest BCUT2D eigenvalue weighted by molar-refractivity contribution is 7.14. The van der Waals surface area contributed by atoms with Crippen LogP contribution in [-0.4, -0.2) is 25.7 Å². The summed E-state index contributed by atoms with van der Waals surface area (Å²) in [5, 5.41) is 10.2. The zero-order valence-electron chi connectivity index (χ0n) is 14.7. The molecule has 0 saturated carbocycles. The van der Waals surface area contributed by atoms with E-state index >= 15 is 0 Å². The van der Waals surface area contributed by atoms with E-state index in [0.717, 1.165) is 16.6 Å². The molecule has 0 aliphatic heterocycles. The molecule has 6 nitrogen and oxygen atoms in total. The molecule has 4 aromatic rings. The SMILES string of the molecule is CC(C)n1ncc2cc(C(=O)Nc3nc(-c4ccc(F)cc4)cs3)cnc21. The first-order valence-corrected chi connectivity index (χ1v) is 9.25. The summed E-state index contributed by atoms with van der Waals surface area (Å²) in [4.78, 5) is 21.3. The van der Waals surface area contributed by atoms with Gasteiger partial charge in [-0.3, -0.25) is 10.1 Å². The third-order valence-corrected chi connectivity index (χ3v) is 4.81. The number of hydrogen-bond donors (Lipinski definition) is 1. The fraction of sp³-hybridized carbons (Fsp3) is 0.158. The average Bonchev–Trinajstić information content (AvgIpc) is 3.28. The number of benzene rings is 1. The maximum atomic E-state index is 13.0. The molecule has 8 heteroatoms. The van der Waals surface area contributed by atoms with Gasteiger partial charge in [-0.05, 0) is 44.2 Å². The Kier molecular flexibility index (Phi) is 4.41. The summed E-state index contributed by atoms with van der Waals surface area (Å²) < 4.78 is 14.8. The number of carbonyl (C=O) groups is 1. The van der Waals surface area contributed by atoms with Gasteiger partial charge in [-0.1, -0.05) is 0 Å². The monoisotopic (exact) mass is 381 g/mol. The number of hydrogen-bond acceptors (Lipinski definition) is 5. The van der Waals surface area contributed by atoms with Gasteiger partial charge in [0.05, 0.1) is 17.5 Å². The summed E-state index contributed by atoms with van der Waals surface area (Å²) >= 11 is 1.31. The van der Waals surface area contributed by atoms with Crippen LogP contribution < -0.4 is 5.32 Å². The van der Waals surface area contributed by atoms with E-state index in [9.17, 15) is 9.18 Å². The number of amides is 1. The number of rotatable bonds is 4. The van der Waals surface area contributed by atoms with E-state index in [4.69, 9.17) is 0 Å². The van der Waals surface area contributed by atoms with Gasteiger partial charge in [-0.25, -0.2) is 19.0 Å². The minimum Gasteiger partial charge on any atom is -0.298 e. The number of anilines is 1. The molecule has 1 N–H and O–H groups in total. The Balaban J connectivity index is 1.54.